The summed E-state index contributed by atoms with van der Waals surface area (Å²) in [7, 11) is 2.25. The van der Waals surface area contributed by atoms with Crippen molar-refractivity contribution in [1.82, 2.24) is 4.90 Å². The summed E-state index contributed by atoms with van der Waals surface area (Å²) in [5, 5.41) is 0. The summed E-state index contributed by atoms with van der Waals surface area (Å²) in [5.41, 5.74) is 6.52. The third kappa shape index (κ3) is 3.96. The van der Waals surface area contributed by atoms with Gasteiger partial charge < -0.3 is 5.73 Å². The van der Waals surface area contributed by atoms with Gasteiger partial charge in [-0.2, -0.15) is 0 Å². The third-order valence-electron chi connectivity index (χ3n) is 4.95. The van der Waals surface area contributed by atoms with Crippen LogP contribution in [0.15, 0.2) is 0 Å². The fourth-order valence-corrected chi connectivity index (χ4v) is 2.56. The van der Waals surface area contributed by atoms with E-state index in [9.17, 15) is 0 Å². The molecule has 2 atom stereocenters. The van der Waals surface area contributed by atoms with Crippen LogP contribution in [0.3, 0.4) is 0 Å². The lowest BCUT2D eigenvalue weighted by molar-refractivity contribution is 0.00522. The molecule has 0 aromatic heterocycles. The molecule has 104 valence electrons. The molecule has 0 radical (unpaired) electrons. The van der Waals surface area contributed by atoms with Gasteiger partial charge in [0, 0.05) is 17.6 Å². The van der Waals surface area contributed by atoms with E-state index < -0.39 is 0 Å². The predicted octanol–water partition coefficient (Wildman–Crippen LogP) is 3.65. The van der Waals surface area contributed by atoms with Crippen LogP contribution in [0.5, 0.6) is 0 Å². The lowest BCUT2D eigenvalue weighted by Gasteiger charge is -2.50. The molecule has 0 aliphatic rings. The van der Waals surface area contributed by atoms with Crippen LogP contribution in [0, 0.1) is 5.92 Å². The lowest BCUT2D eigenvalue weighted by Crippen LogP contribution is -2.60. The van der Waals surface area contributed by atoms with E-state index in [4.69, 9.17) is 5.73 Å². The Morgan fingerprint density at radius 3 is 1.94 bits per heavy atom. The Hall–Kier alpha value is -0.0800. The zero-order valence-corrected chi connectivity index (χ0v) is 13.1. The van der Waals surface area contributed by atoms with Crippen LogP contribution >= 0.6 is 0 Å². The summed E-state index contributed by atoms with van der Waals surface area (Å²) < 4.78 is 0. The van der Waals surface area contributed by atoms with Gasteiger partial charge in [0.15, 0.2) is 0 Å². The van der Waals surface area contributed by atoms with Crippen LogP contribution in [0.2, 0.25) is 0 Å². The highest BCUT2D eigenvalue weighted by Crippen LogP contribution is 2.33. The minimum absolute atomic E-state index is 0.162. The minimum atomic E-state index is 0.162. The standard InChI is InChI=1S/C15H34N2/c1-8-13(4)11-15(10-3,12-16)17(7)14(5,6)9-2/h13H,8-12,16H2,1-7H3. The summed E-state index contributed by atoms with van der Waals surface area (Å²) in [6.07, 6.45) is 4.73. The summed E-state index contributed by atoms with van der Waals surface area (Å²) in [4.78, 5) is 2.53. The molecule has 0 rings (SSSR count). The number of likely N-dealkylation sites (N-methyl/N-ethyl adjacent to an activating group) is 1. The van der Waals surface area contributed by atoms with Crippen molar-refractivity contribution in [2.45, 2.75) is 78.3 Å². The molecule has 0 fully saturated rings. The molecule has 2 unspecified atom stereocenters. The highest BCUT2D eigenvalue weighted by Gasteiger charge is 2.39. The normalized spacial score (nSPS) is 18.2. The quantitative estimate of drug-likeness (QED) is 0.704. The van der Waals surface area contributed by atoms with Crippen molar-refractivity contribution >= 4 is 0 Å². The van der Waals surface area contributed by atoms with E-state index in [2.05, 4.69) is 53.5 Å². The fraction of sp³-hybridized carbons (Fsp3) is 1.00. The second kappa shape index (κ2) is 6.75. The van der Waals surface area contributed by atoms with Gasteiger partial charge in [-0.25, -0.2) is 0 Å². The van der Waals surface area contributed by atoms with E-state index in [-0.39, 0.29) is 11.1 Å². The topological polar surface area (TPSA) is 29.3 Å². The molecule has 0 saturated heterocycles. The Morgan fingerprint density at radius 1 is 1.12 bits per heavy atom. The van der Waals surface area contributed by atoms with Crippen LogP contribution in [0.4, 0.5) is 0 Å². The van der Waals surface area contributed by atoms with E-state index in [1.54, 1.807) is 0 Å². The summed E-state index contributed by atoms with van der Waals surface area (Å²) in [6, 6.07) is 0. The lowest BCUT2D eigenvalue weighted by atomic mass is 9.80. The zero-order chi connectivity index (χ0) is 13.7. The first kappa shape index (κ1) is 16.9. The van der Waals surface area contributed by atoms with E-state index in [1.165, 1.54) is 12.8 Å². The molecule has 0 saturated carbocycles. The Morgan fingerprint density at radius 2 is 1.65 bits per heavy atom. The van der Waals surface area contributed by atoms with Gasteiger partial charge in [-0.15, -0.1) is 0 Å². The van der Waals surface area contributed by atoms with Gasteiger partial charge >= 0.3 is 0 Å². The van der Waals surface area contributed by atoms with E-state index in [1.807, 2.05) is 0 Å². The fourth-order valence-electron chi connectivity index (χ4n) is 2.56. The first-order valence-corrected chi connectivity index (χ1v) is 7.23. The van der Waals surface area contributed by atoms with Crippen molar-refractivity contribution < 1.29 is 0 Å². The molecule has 0 aliphatic heterocycles. The maximum absolute atomic E-state index is 6.13. The van der Waals surface area contributed by atoms with Crippen LogP contribution in [0.1, 0.15) is 67.2 Å². The number of nitrogens with zero attached hydrogens (tertiary/aromatic N) is 1. The maximum atomic E-state index is 6.13. The first-order valence-electron chi connectivity index (χ1n) is 7.23. The van der Waals surface area contributed by atoms with Gasteiger partial charge in [-0.3, -0.25) is 4.90 Å². The first-order chi connectivity index (χ1) is 7.79. The maximum Gasteiger partial charge on any atom is 0.0333 e. The van der Waals surface area contributed by atoms with Crippen molar-refractivity contribution in [3.63, 3.8) is 0 Å². The molecular formula is C15H34N2. The Kier molecular flexibility index (Phi) is 6.71. The van der Waals surface area contributed by atoms with Crippen LogP contribution < -0.4 is 5.73 Å². The molecule has 0 aromatic carbocycles. The highest BCUT2D eigenvalue weighted by molar-refractivity contribution is 4.96. The molecular weight excluding hydrogens is 208 g/mol. The van der Waals surface area contributed by atoms with Gasteiger partial charge in [-0.1, -0.05) is 34.1 Å². The molecule has 2 nitrogen and oxygen atoms in total. The van der Waals surface area contributed by atoms with Gasteiger partial charge in [0.1, 0.15) is 0 Å². The molecule has 0 heterocycles. The van der Waals surface area contributed by atoms with Crippen molar-refractivity contribution in [3.05, 3.63) is 0 Å². The molecule has 0 spiro atoms. The van der Waals surface area contributed by atoms with Gasteiger partial charge in [0.2, 0.25) is 0 Å². The van der Waals surface area contributed by atoms with Crippen molar-refractivity contribution in [3.8, 4) is 0 Å². The average Bonchev–Trinajstić information content (AvgIpc) is 2.34. The molecule has 2 N–H and O–H groups in total. The second-order valence-electron chi connectivity index (χ2n) is 6.22. The Bertz CT molecular complexity index is 207. The van der Waals surface area contributed by atoms with Crippen LogP contribution in [-0.4, -0.2) is 29.6 Å². The van der Waals surface area contributed by atoms with Crippen molar-refractivity contribution in [2.75, 3.05) is 13.6 Å². The van der Waals surface area contributed by atoms with Gasteiger partial charge in [-0.05, 0) is 46.1 Å². The van der Waals surface area contributed by atoms with Crippen molar-refractivity contribution in [2.24, 2.45) is 11.7 Å². The largest absolute Gasteiger partial charge is 0.329 e. The molecule has 17 heavy (non-hydrogen) atoms. The number of hydrogen-bond acceptors (Lipinski definition) is 2. The van der Waals surface area contributed by atoms with Crippen molar-refractivity contribution in [1.29, 1.82) is 0 Å². The van der Waals surface area contributed by atoms with Gasteiger partial charge in [0.05, 0.1) is 0 Å². The minimum Gasteiger partial charge on any atom is -0.329 e. The van der Waals surface area contributed by atoms with Crippen LogP contribution in [0.25, 0.3) is 0 Å². The second-order valence-corrected chi connectivity index (χ2v) is 6.22. The molecule has 0 amide bonds. The molecule has 0 bridgehead atoms. The van der Waals surface area contributed by atoms with Crippen LogP contribution in [-0.2, 0) is 0 Å². The van der Waals surface area contributed by atoms with E-state index in [0.29, 0.717) is 0 Å². The average molecular weight is 242 g/mol. The molecule has 0 aromatic rings. The Labute approximate surface area is 109 Å². The summed E-state index contributed by atoms with van der Waals surface area (Å²) in [6.45, 7) is 14.6. The number of hydrogen-bond donors (Lipinski definition) is 1. The van der Waals surface area contributed by atoms with E-state index in [0.717, 1.165) is 25.3 Å². The summed E-state index contributed by atoms with van der Waals surface area (Å²) >= 11 is 0. The summed E-state index contributed by atoms with van der Waals surface area (Å²) in [5.74, 6) is 0.744. The predicted molar refractivity (Wildman–Crippen MR) is 78.3 cm³/mol. The Balaban J connectivity index is 5.05. The number of rotatable bonds is 8. The number of nitrogens with two attached hydrogens (primary N) is 1. The third-order valence-corrected chi connectivity index (χ3v) is 4.95. The van der Waals surface area contributed by atoms with E-state index >= 15 is 0 Å². The molecule has 2 heteroatoms. The monoisotopic (exact) mass is 242 g/mol. The smallest absolute Gasteiger partial charge is 0.0333 e. The zero-order valence-electron chi connectivity index (χ0n) is 13.1. The highest BCUT2D eigenvalue weighted by atomic mass is 15.2. The SMILES string of the molecule is CCC(C)CC(CC)(CN)N(C)C(C)(C)CC. The van der Waals surface area contributed by atoms with Gasteiger partial charge in [0.25, 0.3) is 0 Å². The molecule has 0 aliphatic carbocycles.